The highest BCUT2D eigenvalue weighted by atomic mass is 16.5. The second-order valence-corrected chi connectivity index (χ2v) is 4.21. The van der Waals surface area contributed by atoms with Gasteiger partial charge in [-0.2, -0.15) is 0 Å². The van der Waals surface area contributed by atoms with Crippen molar-refractivity contribution in [2.75, 3.05) is 7.11 Å². The fourth-order valence-corrected chi connectivity index (χ4v) is 1.84. The topological polar surface area (TPSA) is 55.4 Å². The van der Waals surface area contributed by atoms with E-state index in [1.807, 2.05) is 30.3 Å². The first-order valence-corrected chi connectivity index (χ1v) is 6.22. The first kappa shape index (κ1) is 13.8. The van der Waals surface area contributed by atoms with Gasteiger partial charge >= 0.3 is 5.97 Å². The molecule has 2 aromatic rings. The van der Waals surface area contributed by atoms with Crippen molar-refractivity contribution in [1.29, 1.82) is 0 Å². The molecule has 102 valence electrons. The molecule has 0 fully saturated rings. The average Bonchev–Trinajstić information content (AvgIpc) is 2.52. The molecular formula is C16H15NO3. The summed E-state index contributed by atoms with van der Waals surface area (Å²) in [6.07, 6.45) is 0. The highest BCUT2D eigenvalue weighted by molar-refractivity contribution is 6.05. The molecule has 4 nitrogen and oxygen atoms in total. The molecule has 0 aliphatic rings. The van der Waals surface area contributed by atoms with Crippen LogP contribution in [0.3, 0.4) is 0 Å². The van der Waals surface area contributed by atoms with Crippen LogP contribution in [0.15, 0.2) is 54.6 Å². The van der Waals surface area contributed by atoms with Gasteiger partial charge in [0.05, 0.1) is 18.2 Å². The minimum absolute atomic E-state index is 0.264. The van der Waals surface area contributed by atoms with Gasteiger partial charge in [-0.1, -0.05) is 42.5 Å². The first-order chi connectivity index (χ1) is 9.72. The Morgan fingerprint density at radius 3 is 2.20 bits per heavy atom. The number of rotatable bonds is 4. The summed E-state index contributed by atoms with van der Waals surface area (Å²) in [4.78, 5) is 23.8. The van der Waals surface area contributed by atoms with Crippen LogP contribution in [0.4, 0.5) is 0 Å². The van der Waals surface area contributed by atoms with Gasteiger partial charge in [0.15, 0.2) is 0 Å². The third-order valence-corrected chi connectivity index (χ3v) is 2.87. The predicted molar refractivity (Wildman–Crippen MR) is 75.4 cm³/mol. The number of ether oxygens (including phenoxy) is 1. The Bertz CT molecular complexity index is 608. The number of carbonyl (C=O) groups is 2. The van der Waals surface area contributed by atoms with Crippen molar-refractivity contribution in [3.05, 3.63) is 71.3 Å². The molecule has 0 aromatic heterocycles. The maximum Gasteiger partial charge on any atom is 0.338 e. The van der Waals surface area contributed by atoms with Crippen LogP contribution in [-0.2, 0) is 11.3 Å². The number of hydrogen-bond donors (Lipinski definition) is 1. The summed E-state index contributed by atoms with van der Waals surface area (Å²) in [5.41, 5.74) is 1.58. The number of carbonyl (C=O) groups excluding carboxylic acids is 2. The number of hydrogen-bond acceptors (Lipinski definition) is 3. The number of amides is 1. The molecule has 4 heteroatoms. The van der Waals surface area contributed by atoms with Crippen LogP contribution >= 0.6 is 0 Å². The van der Waals surface area contributed by atoms with E-state index in [0.29, 0.717) is 12.1 Å². The van der Waals surface area contributed by atoms with Crippen molar-refractivity contribution in [3.8, 4) is 0 Å². The Balaban J connectivity index is 2.12. The molecule has 20 heavy (non-hydrogen) atoms. The minimum atomic E-state index is -0.518. The van der Waals surface area contributed by atoms with E-state index in [9.17, 15) is 9.59 Å². The van der Waals surface area contributed by atoms with Crippen molar-refractivity contribution in [2.24, 2.45) is 0 Å². The van der Waals surface area contributed by atoms with E-state index in [1.165, 1.54) is 7.11 Å². The Labute approximate surface area is 117 Å². The van der Waals surface area contributed by atoms with Crippen molar-refractivity contribution in [1.82, 2.24) is 5.32 Å². The molecule has 0 aliphatic heterocycles. The lowest BCUT2D eigenvalue weighted by Crippen LogP contribution is -2.25. The number of methoxy groups -OCH3 is 1. The Morgan fingerprint density at radius 1 is 0.950 bits per heavy atom. The molecule has 0 aliphatic carbocycles. The lowest BCUT2D eigenvalue weighted by Gasteiger charge is -2.08. The van der Waals surface area contributed by atoms with E-state index in [0.717, 1.165) is 5.56 Å². The van der Waals surface area contributed by atoms with Gasteiger partial charge in [-0.25, -0.2) is 4.79 Å². The SMILES string of the molecule is COC(=O)c1ccccc1C(=O)NCc1ccccc1. The molecule has 0 radical (unpaired) electrons. The summed E-state index contributed by atoms with van der Waals surface area (Å²) in [7, 11) is 1.29. The molecule has 0 spiro atoms. The van der Waals surface area contributed by atoms with Crippen LogP contribution in [0.1, 0.15) is 26.3 Å². The van der Waals surface area contributed by atoms with E-state index in [2.05, 4.69) is 10.1 Å². The van der Waals surface area contributed by atoms with Crippen molar-refractivity contribution in [2.45, 2.75) is 6.54 Å². The summed E-state index contributed by atoms with van der Waals surface area (Å²) in [5.74, 6) is -0.815. The standard InChI is InChI=1S/C16H15NO3/c1-20-16(19)14-10-6-5-9-13(14)15(18)17-11-12-7-3-2-4-8-12/h2-10H,11H2,1H3,(H,17,18). The largest absolute Gasteiger partial charge is 0.465 e. The highest BCUT2D eigenvalue weighted by Gasteiger charge is 2.16. The lowest BCUT2D eigenvalue weighted by atomic mass is 10.1. The zero-order valence-corrected chi connectivity index (χ0v) is 11.1. The van der Waals surface area contributed by atoms with Crippen LogP contribution in [-0.4, -0.2) is 19.0 Å². The molecule has 1 amide bonds. The molecule has 0 saturated carbocycles. The van der Waals surface area contributed by atoms with Crippen molar-refractivity contribution >= 4 is 11.9 Å². The molecule has 0 unspecified atom stereocenters. The maximum atomic E-state index is 12.1. The first-order valence-electron chi connectivity index (χ1n) is 6.22. The molecule has 1 N–H and O–H groups in total. The van der Waals surface area contributed by atoms with Gasteiger partial charge < -0.3 is 10.1 Å². The third kappa shape index (κ3) is 3.23. The van der Waals surface area contributed by atoms with Gasteiger partial charge in [0.1, 0.15) is 0 Å². The summed E-state index contributed by atoms with van der Waals surface area (Å²) < 4.78 is 4.67. The molecule has 0 atom stereocenters. The lowest BCUT2D eigenvalue weighted by molar-refractivity contribution is 0.0596. The number of nitrogens with one attached hydrogen (secondary N) is 1. The Kier molecular flexibility index (Phi) is 4.50. The predicted octanol–water partition coefficient (Wildman–Crippen LogP) is 2.40. The summed E-state index contributed by atoms with van der Waals surface area (Å²) >= 11 is 0. The van der Waals surface area contributed by atoms with Crippen LogP contribution in [0.25, 0.3) is 0 Å². The van der Waals surface area contributed by atoms with Crippen molar-refractivity contribution in [3.63, 3.8) is 0 Å². The second-order valence-electron chi connectivity index (χ2n) is 4.21. The van der Waals surface area contributed by atoms with Crippen molar-refractivity contribution < 1.29 is 14.3 Å². The van der Waals surface area contributed by atoms with Gasteiger partial charge in [-0.15, -0.1) is 0 Å². The highest BCUT2D eigenvalue weighted by Crippen LogP contribution is 2.10. The summed E-state index contributed by atoms with van der Waals surface area (Å²) in [6.45, 7) is 0.412. The Morgan fingerprint density at radius 2 is 1.55 bits per heavy atom. The monoisotopic (exact) mass is 269 g/mol. The number of esters is 1. The molecular weight excluding hydrogens is 254 g/mol. The van der Waals surface area contributed by atoms with Crippen LogP contribution < -0.4 is 5.32 Å². The molecule has 0 heterocycles. The summed E-state index contributed by atoms with van der Waals surface area (Å²) in [5, 5.41) is 2.79. The van der Waals surface area contributed by atoms with Gasteiger partial charge in [0, 0.05) is 6.54 Å². The Hall–Kier alpha value is -2.62. The fourth-order valence-electron chi connectivity index (χ4n) is 1.84. The quantitative estimate of drug-likeness (QED) is 0.867. The second kappa shape index (κ2) is 6.52. The van der Waals surface area contributed by atoms with E-state index >= 15 is 0 Å². The van der Waals surface area contributed by atoms with Crippen LogP contribution in [0.5, 0.6) is 0 Å². The van der Waals surface area contributed by atoms with E-state index in [-0.39, 0.29) is 11.5 Å². The number of benzene rings is 2. The third-order valence-electron chi connectivity index (χ3n) is 2.87. The van der Waals surface area contributed by atoms with E-state index in [1.54, 1.807) is 24.3 Å². The zero-order chi connectivity index (χ0) is 14.4. The van der Waals surface area contributed by atoms with Gasteiger partial charge in [0.25, 0.3) is 5.91 Å². The fraction of sp³-hybridized carbons (Fsp3) is 0.125. The minimum Gasteiger partial charge on any atom is -0.465 e. The van der Waals surface area contributed by atoms with E-state index < -0.39 is 5.97 Å². The van der Waals surface area contributed by atoms with Gasteiger partial charge in [-0.05, 0) is 17.7 Å². The van der Waals surface area contributed by atoms with E-state index in [4.69, 9.17) is 0 Å². The normalized spacial score (nSPS) is 9.85. The zero-order valence-electron chi connectivity index (χ0n) is 11.1. The molecule has 2 rings (SSSR count). The maximum absolute atomic E-state index is 12.1. The average molecular weight is 269 g/mol. The smallest absolute Gasteiger partial charge is 0.338 e. The molecule has 0 saturated heterocycles. The van der Waals surface area contributed by atoms with Gasteiger partial charge in [-0.3, -0.25) is 4.79 Å². The van der Waals surface area contributed by atoms with Crippen LogP contribution in [0, 0.1) is 0 Å². The molecule has 2 aromatic carbocycles. The summed E-state index contributed by atoms with van der Waals surface area (Å²) in [6, 6.07) is 16.2. The van der Waals surface area contributed by atoms with Crippen LogP contribution in [0.2, 0.25) is 0 Å². The molecule has 0 bridgehead atoms. The van der Waals surface area contributed by atoms with Gasteiger partial charge in [0.2, 0.25) is 0 Å².